The van der Waals surface area contributed by atoms with Crippen molar-refractivity contribution in [2.24, 2.45) is 0 Å². The normalized spacial score (nSPS) is 23.7. The molecule has 1 heterocycles. The van der Waals surface area contributed by atoms with Gasteiger partial charge < -0.3 is 4.74 Å². The molecule has 1 amide bonds. The summed E-state index contributed by atoms with van der Waals surface area (Å²) in [6, 6.07) is 5.30. The summed E-state index contributed by atoms with van der Waals surface area (Å²) < 4.78 is 5.41. The summed E-state index contributed by atoms with van der Waals surface area (Å²) in [4.78, 5) is 13.5. The molecule has 98 valence electrons. The van der Waals surface area contributed by atoms with Crippen molar-refractivity contribution in [2.45, 2.75) is 39.0 Å². The Morgan fingerprint density at radius 2 is 1.78 bits per heavy atom. The summed E-state index contributed by atoms with van der Waals surface area (Å²) in [5.41, 5.74) is 0.830. The molecule has 2 atom stereocenters. The van der Waals surface area contributed by atoms with Crippen molar-refractivity contribution in [2.75, 3.05) is 0 Å². The molecule has 0 N–H and O–H groups in total. The lowest BCUT2D eigenvalue weighted by Gasteiger charge is -2.24. The number of carbonyl (C=O) groups is 1. The van der Waals surface area contributed by atoms with Crippen LogP contribution in [0.3, 0.4) is 0 Å². The van der Waals surface area contributed by atoms with Crippen molar-refractivity contribution in [3.05, 3.63) is 33.8 Å². The zero-order chi connectivity index (χ0) is 13.4. The molecular weight excluding hydrogens is 273 g/mol. The largest absolute Gasteiger partial charge is 0.439 e. The molecule has 0 bridgehead atoms. The maximum atomic E-state index is 11.8. The SMILES string of the molecule is CC(C)N1C(=O)O[C@H](c2cc(Cl)cc(Cl)c2)[C@@H]1C. The van der Waals surface area contributed by atoms with Gasteiger partial charge in [-0.25, -0.2) is 4.79 Å². The minimum absolute atomic E-state index is 0.0352. The molecule has 18 heavy (non-hydrogen) atoms. The van der Waals surface area contributed by atoms with Gasteiger partial charge in [0.05, 0.1) is 6.04 Å². The maximum absolute atomic E-state index is 11.8. The number of cyclic esters (lactones) is 1. The molecule has 0 spiro atoms. The highest BCUT2D eigenvalue weighted by Crippen LogP contribution is 2.35. The second-order valence-corrected chi connectivity index (χ2v) is 5.62. The first-order valence-electron chi connectivity index (χ1n) is 5.85. The molecule has 2 rings (SSSR count). The van der Waals surface area contributed by atoms with Crippen LogP contribution in [-0.4, -0.2) is 23.1 Å². The summed E-state index contributed by atoms with van der Waals surface area (Å²) in [7, 11) is 0. The molecule has 3 nitrogen and oxygen atoms in total. The van der Waals surface area contributed by atoms with Gasteiger partial charge in [-0.1, -0.05) is 23.2 Å². The summed E-state index contributed by atoms with van der Waals surface area (Å²) in [5.74, 6) is 0. The standard InChI is InChI=1S/C13H15Cl2NO2/c1-7(2)16-8(3)12(18-13(16)17)9-4-10(14)6-11(15)5-9/h4-8,12H,1-3H3/t8-,12-/m0/s1. The zero-order valence-electron chi connectivity index (χ0n) is 10.5. The third kappa shape index (κ3) is 2.43. The number of carbonyl (C=O) groups excluding carboxylic acids is 1. The van der Waals surface area contributed by atoms with E-state index in [0.29, 0.717) is 10.0 Å². The molecule has 0 aliphatic carbocycles. The predicted molar refractivity (Wildman–Crippen MR) is 72.1 cm³/mol. The molecule has 0 saturated carbocycles. The first kappa shape index (κ1) is 13.5. The lowest BCUT2D eigenvalue weighted by atomic mass is 10.0. The number of rotatable bonds is 2. The predicted octanol–water partition coefficient (Wildman–Crippen LogP) is 4.28. The van der Waals surface area contributed by atoms with Crippen molar-refractivity contribution in [3.8, 4) is 0 Å². The zero-order valence-corrected chi connectivity index (χ0v) is 12.0. The number of benzene rings is 1. The molecule has 1 aliphatic rings. The van der Waals surface area contributed by atoms with Crippen LogP contribution in [0.15, 0.2) is 18.2 Å². The van der Waals surface area contributed by atoms with Gasteiger partial charge in [0.15, 0.2) is 0 Å². The Bertz CT molecular complexity index is 456. The van der Waals surface area contributed by atoms with Crippen LogP contribution in [0.5, 0.6) is 0 Å². The van der Waals surface area contributed by atoms with Crippen LogP contribution in [0.4, 0.5) is 4.79 Å². The van der Waals surface area contributed by atoms with Gasteiger partial charge in [0.2, 0.25) is 0 Å². The first-order valence-corrected chi connectivity index (χ1v) is 6.60. The van der Waals surface area contributed by atoms with Crippen molar-refractivity contribution in [1.82, 2.24) is 4.90 Å². The number of hydrogen-bond donors (Lipinski definition) is 0. The van der Waals surface area contributed by atoms with Crippen LogP contribution in [0.25, 0.3) is 0 Å². The molecule has 0 aromatic heterocycles. The Kier molecular flexibility index (Phi) is 3.74. The Morgan fingerprint density at radius 3 is 2.22 bits per heavy atom. The fraction of sp³-hybridized carbons (Fsp3) is 0.462. The van der Waals surface area contributed by atoms with Crippen molar-refractivity contribution in [1.29, 1.82) is 0 Å². The molecule has 0 radical (unpaired) electrons. The van der Waals surface area contributed by atoms with E-state index in [1.807, 2.05) is 20.8 Å². The number of amides is 1. The minimum atomic E-state index is -0.323. The molecule has 5 heteroatoms. The Balaban J connectivity index is 2.32. The molecule has 1 saturated heterocycles. The number of nitrogens with zero attached hydrogens (tertiary/aromatic N) is 1. The Morgan fingerprint density at radius 1 is 1.22 bits per heavy atom. The summed E-state index contributed by atoms with van der Waals surface area (Å²) in [6.45, 7) is 5.89. The van der Waals surface area contributed by atoms with Gasteiger partial charge in [0.1, 0.15) is 6.10 Å². The second kappa shape index (κ2) is 4.98. The van der Waals surface area contributed by atoms with E-state index in [-0.39, 0.29) is 24.3 Å². The van der Waals surface area contributed by atoms with Crippen molar-refractivity contribution in [3.63, 3.8) is 0 Å². The maximum Gasteiger partial charge on any atom is 0.411 e. The van der Waals surface area contributed by atoms with Gasteiger partial charge in [0, 0.05) is 16.1 Å². The van der Waals surface area contributed by atoms with Gasteiger partial charge >= 0.3 is 6.09 Å². The second-order valence-electron chi connectivity index (χ2n) is 4.75. The van der Waals surface area contributed by atoms with Crippen molar-refractivity contribution >= 4 is 29.3 Å². The number of hydrogen-bond acceptors (Lipinski definition) is 2. The van der Waals surface area contributed by atoms with E-state index in [1.54, 1.807) is 23.1 Å². The average Bonchev–Trinajstić information content (AvgIpc) is 2.52. The highest BCUT2D eigenvalue weighted by Gasteiger charge is 2.41. The molecular formula is C13H15Cl2NO2. The van der Waals surface area contributed by atoms with Crippen LogP contribution in [0, 0.1) is 0 Å². The fourth-order valence-electron chi connectivity index (χ4n) is 2.35. The van der Waals surface area contributed by atoms with E-state index >= 15 is 0 Å². The van der Waals surface area contributed by atoms with E-state index in [0.717, 1.165) is 5.56 Å². The van der Waals surface area contributed by atoms with Gasteiger partial charge in [0.25, 0.3) is 0 Å². The summed E-state index contributed by atoms with van der Waals surface area (Å²) in [6.07, 6.45) is -0.616. The van der Waals surface area contributed by atoms with E-state index < -0.39 is 0 Å². The number of halogens is 2. The van der Waals surface area contributed by atoms with Gasteiger partial charge in [-0.05, 0) is 44.5 Å². The van der Waals surface area contributed by atoms with Crippen LogP contribution in [0.2, 0.25) is 10.0 Å². The summed E-state index contributed by atoms with van der Waals surface area (Å²) >= 11 is 11.9. The Labute approximate surface area is 117 Å². The van der Waals surface area contributed by atoms with Crippen LogP contribution in [-0.2, 0) is 4.74 Å². The fourth-order valence-corrected chi connectivity index (χ4v) is 2.89. The number of ether oxygens (including phenoxy) is 1. The van der Waals surface area contributed by atoms with Crippen LogP contribution < -0.4 is 0 Å². The van der Waals surface area contributed by atoms with Crippen LogP contribution >= 0.6 is 23.2 Å². The van der Waals surface area contributed by atoms with Crippen LogP contribution in [0.1, 0.15) is 32.4 Å². The molecule has 1 fully saturated rings. The molecule has 1 aliphatic heterocycles. The third-order valence-corrected chi connectivity index (χ3v) is 3.52. The van der Waals surface area contributed by atoms with Gasteiger partial charge in [-0.2, -0.15) is 0 Å². The highest BCUT2D eigenvalue weighted by atomic mass is 35.5. The highest BCUT2D eigenvalue weighted by molar-refractivity contribution is 6.34. The average molecular weight is 288 g/mol. The first-order chi connectivity index (χ1) is 8.40. The van der Waals surface area contributed by atoms with Gasteiger partial charge in [-0.3, -0.25) is 4.90 Å². The lowest BCUT2D eigenvalue weighted by molar-refractivity contribution is 0.129. The van der Waals surface area contributed by atoms with E-state index in [1.165, 1.54) is 0 Å². The molecule has 0 unspecified atom stereocenters. The topological polar surface area (TPSA) is 29.5 Å². The van der Waals surface area contributed by atoms with E-state index in [2.05, 4.69) is 0 Å². The van der Waals surface area contributed by atoms with E-state index in [9.17, 15) is 4.79 Å². The van der Waals surface area contributed by atoms with Crippen molar-refractivity contribution < 1.29 is 9.53 Å². The quantitative estimate of drug-likeness (QED) is 0.812. The molecule has 1 aromatic rings. The Hall–Kier alpha value is -0.930. The van der Waals surface area contributed by atoms with E-state index in [4.69, 9.17) is 27.9 Å². The lowest BCUT2D eigenvalue weighted by Crippen LogP contribution is -2.37. The smallest absolute Gasteiger partial charge is 0.411 e. The third-order valence-electron chi connectivity index (χ3n) is 3.09. The molecule has 1 aromatic carbocycles. The summed E-state index contributed by atoms with van der Waals surface area (Å²) in [5, 5.41) is 1.09. The minimum Gasteiger partial charge on any atom is -0.439 e. The van der Waals surface area contributed by atoms with Gasteiger partial charge in [-0.15, -0.1) is 0 Å². The monoisotopic (exact) mass is 287 g/mol.